The van der Waals surface area contributed by atoms with Crippen LogP contribution in [0.1, 0.15) is 29.9 Å². The molecule has 184 valence electrons. The average molecular weight is 485 g/mol. The number of carbonyl (C=O) groups excluding carboxylic acids is 1. The van der Waals surface area contributed by atoms with Crippen LogP contribution in [0.25, 0.3) is 11.1 Å². The molecule has 2 aliphatic rings. The minimum Gasteiger partial charge on any atom is -0.395 e. The van der Waals surface area contributed by atoms with Gasteiger partial charge in [0.25, 0.3) is 0 Å². The molecule has 0 radical (unpaired) electrons. The maximum atomic E-state index is 13.2. The molecule has 2 aliphatic heterocycles. The third-order valence-corrected chi connectivity index (χ3v) is 7.40. The van der Waals surface area contributed by atoms with Crippen LogP contribution in [0, 0.1) is 17.1 Å². The average Bonchev–Trinajstić information content (AvgIpc) is 2.89. The first-order chi connectivity index (χ1) is 17.6. The second kappa shape index (κ2) is 10.5. The summed E-state index contributed by atoms with van der Waals surface area (Å²) in [7, 11) is 0. The normalized spacial score (nSPS) is 21.9. The highest BCUT2D eigenvalue weighted by Gasteiger charge is 2.49. The highest BCUT2D eigenvalue weighted by Crippen LogP contribution is 2.42. The van der Waals surface area contributed by atoms with Gasteiger partial charge in [0.1, 0.15) is 5.82 Å². The molecule has 3 aromatic carbocycles. The maximum absolute atomic E-state index is 13.2. The van der Waals surface area contributed by atoms with Gasteiger partial charge in [-0.2, -0.15) is 5.26 Å². The number of halogens is 1. The number of benzene rings is 3. The zero-order chi connectivity index (χ0) is 25.1. The SMILES string of the molecule is N#Cc1ccc(-c2ccc([C@H]3[C@H]4CN(C(=O)Nc5ccc(F)cc5)CCCCN4[C@H]3CO)cc2)cc1. The third kappa shape index (κ3) is 4.83. The molecule has 2 amide bonds. The standard InChI is InChI=1S/C29H29FN4O2/c30-24-11-13-25(14-12-24)32-29(36)33-15-1-2-16-34-26(18-33)28(27(34)19-35)23-9-7-22(8-10-23)21-5-3-20(17-31)4-6-21/h3-14,26-28,35H,1-2,15-16,18-19H2,(H,32,36)/t26-,27+,28+/m1/s1. The first-order valence-electron chi connectivity index (χ1n) is 12.4. The van der Waals surface area contributed by atoms with E-state index in [9.17, 15) is 14.3 Å². The van der Waals surface area contributed by atoms with Gasteiger partial charge in [-0.3, -0.25) is 4.90 Å². The Balaban J connectivity index is 1.33. The fourth-order valence-electron chi connectivity index (χ4n) is 5.50. The summed E-state index contributed by atoms with van der Waals surface area (Å²) in [5.74, 6) is -0.225. The molecule has 0 aliphatic carbocycles. The van der Waals surface area contributed by atoms with Crippen LogP contribution in [0.4, 0.5) is 14.9 Å². The number of nitrogens with one attached hydrogen (secondary N) is 1. The van der Waals surface area contributed by atoms with Gasteiger partial charge in [-0.05, 0) is 72.5 Å². The molecular weight excluding hydrogens is 455 g/mol. The van der Waals surface area contributed by atoms with Crippen molar-refractivity contribution in [3.05, 3.63) is 89.7 Å². The highest BCUT2D eigenvalue weighted by molar-refractivity contribution is 5.89. The lowest BCUT2D eigenvalue weighted by atomic mass is 9.74. The van der Waals surface area contributed by atoms with Crippen molar-refractivity contribution in [2.75, 3.05) is 31.6 Å². The van der Waals surface area contributed by atoms with E-state index in [1.165, 1.54) is 12.1 Å². The molecule has 0 saturated carbocycles. The van der Waals surface area contributed by atoms with E-state index < -0.39 is 0 Å². The number of nitrogens with zero attached hydrogens (tertiary/aromatic N) is 3. The molecule has 6 nitrogen and oxygen atoms in total. The second-order valence-electron chi connectivity index (χ2n) is 9.48. The summed E-state index contributed by atoms with van der Waals surface area (Å²) in [6.07, 6.45) is 1.85. The van der Waals surface area contributed by atoms with Crippen molar-refractivity contribution in [1.29, 1.82) is 5.26 Å². The van der Waals surface area contributed by atoms with E-state index in [0.717, 1.165) is 36.1 Å². The number of amides is 2. The molecule has 36 heavy (non-hydrogen) atoms. The second-order valence-corrected chi connectivity index (χ2v) is 9.48. The Hall–Kier alpha value is -3.73. The van der Waals surface area contributed by atoms with Gasteiger partial charge in [0.2, 0.25) is 0 Å². The molecular formula is C29H29FN4O2. The van der Waals surface area contributed by atoms with Gasteiger partial charge in [0, 0.05) is 36.8 Å². The Morgan fingerprint density at radius 2 is 1.61 bits per heavy atom. The molecule has 7 heteroatoms. The Kier molecular flexibility index (Phi) is 6.99. The summed E-state index contributed by atoms with van der Waals surface area (Å²) in [5, 5.41) is 22.1. The molecule has 3 atom stereocenters. The van der Waals surface area contributed by atoms with Gasteiger partial charge in [0.05, 0.1) is 18.2 Å². The van der Waals surface area contributed by atoms with Crippen LogP contribution in [0.2, 0.25) is 0 Å². The summed E-state index contributed by atoms with van der Waals surface area (Å²) in [4.78, 5) is 17.2. The van der Waals surface area contributed by atoms with E-state index in [-0.39, 0.29) is 36.5 Å². The number of anilines is 1. The van der Waals surface area contributed by atoms with Crippen LogP contribution in [-0.2, 0) is 0 Å². The number of fused-ring (bicyclic) bond motifs is 1. The molecule has 2 saturated heterocycles. The molecule has 0 spiro atoms. The predicted octanol–water partition coefficient (Wildman–Crippen LogP) is 4.82. The van der Waals surface area contributed by atoms with E-state index in [1.54, 1.807) is 12.1 Å². The minimum absolute atomic E-state index is 0.0240. The summed E-state index contributed by atoms with van der Waals surface area (Å²) in [5.41, 5.74) is 4.46. The number of aliphatic hydroxyl groups excluding tert-OH is 1. The first-order valence-corrected chi connectivity index (χ1v) is 12.4. The van der Waals surface area contributed by atoms with Crippen LogP contribution in [-0.4, -0.2) is 59.3 Å². The smallest absolute Gasteiger partial charge is 0.321 e. The van der Waals surface area contributed by atoms with Gasteiger partial charge in [-0.15, -0.1) is 0 Å². The van der Waals surface area contributed by atoms with E-state index in [4.69, 9.17) is 5.26 Å². The van der Waals surface area contributed by atoms with E-state index in [1.807, 2.05) is 29.2 Å². The van der Waals surface area contributed by atoms with Crippen LogP contribution in [0.3, 0.4) is 0 Å². The number of rotatable bonds is 4. The molecule has 2 fully saturated rings. The van der Waals surface area contributed by atoms with E-state index in [2.05, 4.69) is 40.6 Å². The lowest BCUT2D eigenvalue weighted by Crippen LogP contribution is -2.68. The van der Waals surface area contributed by atoms with Crippen molar-refractivity contribution < 1.29 is 14.3 Å². The topological polar surface area (TPSA) is 79.6 Å². The van der Waals surface area contributed by atoms with Gasteiger partial charge in [0.15, 0.2) is 0 Å². The van der Waals surface area contributed by atoms with Gasteiger partial charge in [-0.1, -0.05) is 36.4 Å². The maximum Gasteiger partial charge on any atom is 0.321 e. The fourth-order valence-corrected chi connectivity index (χ4v) is 5.50. The van der Waals surface area contributed by atoms with Crippen LogP contribution in [0.15, 0.2) is 72.8 Å². The summed E-state index contributed by atoms with van der Waals surface area (Å²) in [6, 6.07) is 23.8. The molecule has 0 aromatic heterocycles. The Bertz CT molecular complexity index is 1240. The van der Waals surface area contributed by atoms with Crippen LogP contribution in [0.5, 0.6) is 0 Å². The number of nitriles is 1. The number of carbonyl (C=O) groups is 1. The van der Waals surface area contributed by atoms with Crippen molar-refractivity contribution in [2.45, 2.75) is 30.8 Å². The molecule has 0 unspecified atom stereocenters. The van der Waals surface area contributed by atoms with Gasteiger partial charge in [-0.25, -0.2) is 9.18 Å². The fraction of sp³-hybridized carbons (Fsp3) is 0.310. The predicted molar refractivity (Wildman–Crippen MR) is 137 cm³/mol. The lowest BCUT2D eigenvalue weighted by molar-refractivity contribution is -0.0585. The Morgan fingerprint density at radius 3 is 2.25 bits per heavy atom. The van der Waals surface area contributed by atoms with Crippen molar-refractivity contribution in [1.82, 2.24) is 9.80 Å². The lowest BCUT2D eigenvalue weighted by Gasteiger charge is -2.57. The zero-order valence-corrected chi connectivity index (χ0v) is 20.0. The minimum atomic E-state index is -0.340. The quantitative estimate of drug-likeness (QED) is 0.557. The largest absolute Gasteiger partial charge is 0.395 e. The molecule has 0 bridgehead atoms. The number of urea groups is 1. The van der Waals surface area contributed by atoms with Crippen LogP contribution < -0.4 is 5.32 Å². The van der Waals surface area contributed by atoms with Crippen molar-refractivity contribution in [2.24, 2.45) is 0 Å². The van der Waals surface area contributed by atoms with Gasteiger partial charge < -0.3 is 15.3 Å². The molecule has 2 N–H and O–H groups in total. The molecule has 2 heterocycles. The monoisotopic (exact) mass is 484 g/mol. The summed E-state index contributed by atoms with van der Waals surface area (Å²) in [6.45, 7) is 2.19. The van der Waals surface area contributed by atoms with Gasteiger partial charge >= 0.3 is 6.03 Å². The van der Waals surface area contributed by atoms with Crippen molar-refractivity contribution in [3.63, 3.8) is 0 Å². The Morgan fingerprint density at radius 1 is 0.972 bits per heavy atom. The number of aliphatic hydroxyl groups is 1. The molecule has 5 rings (SSSR count). The molecule has 3 aromatic rings. The Labute approximate surface area is 210 Å². The highest BCUT2D eigenvalue weighted by atomic mass is 19.1. The van der Waals surface area contributed by atoms with Crippen LogP contribution >= 0.6 is 0 Å². The number of hydrogen-bond donors (Lipinski definition) is 2. The summed E-state index contributed by atoms with van der Waals surface area (Å²) < 4.78 is 13.2. The third-order valence-electron chi connectivity index (χ3n) is 7.40. The van der Waals surface area contributed by atoms with Crippen molar-refractivity contribution in [3.8, 4) is 17.2 Å². The zero-order valence-electron chi connectivity index (χ0n) is 20.0. The van der Waals surface area contributed by atoms with E-state index in [0.29, 0.717) is 24.3 Å². The first kappa shape index (κ1) is 24.0. The summed E-state index contributed by atoms with van der Waals surface area (Å²) >= 11 is 0. The van der Waals surface area contributed by atoms with E-state index >= 15 is 0 Å². The van der Waals surface area contributed by atoms with Crippen molar-refractivity contribution >= 4 is 11.7 Å². The number of hydrogen-bond acceptors (Lipinski definition) is 4.